The molecule has 1 unspecified atom stereocenters. The fourth-order valence-corrected chi connectivity index (χ4v) is 2.18. The van der Waals surface area contributed by atoms with Crippen molar-refractivity contribution in [3.8, 4) is 0 Å². The van der Waals surface area contributed by atoms with Gasteiger partial charge in [-0.15, -0.1) is 0 Å². The number of hydrogen-bond acceptors (Lipinski definition) is 1. The zero-order valence-corrected chi connectivity index (χ0v) is 9.62. The van der Waals surface area contributed by atoms with Crippen molar-refractivity contribution in [1.82, 2.24) is 4.57 Å². The number of fused-ring (bicyclic) bond motifs is 1. The van der Waals surface area contributed by atoms with Crippen molar-refractivity contribution < 1.29 is 0 Å². The molecule has 1 aromatic carbocycles. The first-order chi connectivity index (χ1) is 7.15. The topological polar surface area (TPSA) is 30.9 Å². The van der Waals surface area contributed by atoms with Gasteiger partial charge in [-0.2, -0.15) is 0 Å². The van der Waals surface area contributed by atoms with Gasteiger partial charge in [0.15, 0.2) is 0 Å². The Labute approximate surface area is 90.7 Å². The Bertz CT molecular complexity index is 480. The Kier molecular flexibility index (Phi) is 2.53. The van der Waals surface area contributed by atoms with E-state index in [1.807, 2.05) is 6.92 Å². The summed E-state index contributed by atoms with van der Waals surface area (Å²) in [6, 6.07) is 6.52. The molecule has 0 saturated carbocycles. The monoisotopic (exact) mass is 202 g/mol. The minimum atomic E-state index is 0.0985. The van der Waals surface area contributed by atoms with E-state index in [2.05, 4.69) is 42.8 Å². The standard InChI is InChI=1S/C13H18N2/c1-4-15-8-11(10(3)14)13-9(2)6-5-7-12(13)15/h5-8,10H,4,14H2,1-3H3. The third kappa shape index (κ3) is 1.55. The molecule has 2 N–H and O–H groups in total. The molecule has 0 aliphatic rings. The largest absolute Gasteiger partial charge is 0.347 e. The summed E-state index contributed by atoms with van der Waals surface area (Å²) in [7, 11) is 0. The summed E-state index contributed by atoms with van der Waals surface area (Å²) in [5.74, 6) is 0. The van der Waals surface area contributed by atoms with Crippen molar-refractivity contribution in [3.05, 3.63) is 35.5 Å². The first-order valence-electron chi connectivity index (χ1n) is 5.49. The molecular weight excluding hydrogens is 184 g/mol. The van der Waals surface area contributed by atoms with Crippen LogP contribution in [0.15, 0.2) is 24.4 Å². The summed E-state index contributed by atoms with van der Waals surface area (Å²) in [4.78, 5) is 0. The van der Waals surface area contributed by atoms with Gasteiger partial charge in [0, 0.05) is 29.7 Å². The van der Waals surface area contributed by atoms with Gasteiger partial charge in [-0.1, -0.05) is 12.1 Å². The minimum absolute atomic E-state index is 0.0985. The molecule has 2 rings (SSSR count). The Morgan fingerprint density at radius 1 is 1.40 bits per heavy atom. The quantitative estimate of drug-likeness (QED) is 0.797. The summed E-state index contributed by atoms with van der Waals surface area (Å²) < 4.78 is 2.26. The van der Waals surface area contributed by atoms with Crippen LogP contribution in [0.1, 0.15) is 31.0 Å². The van der Waals surface area contributed by atoms with Crippen LogP contribution in [0.5, 0.6) is 0 Å². The lowest BCUT2D eigenvalue weighted by molar-refractivity contribution is 0.770. The number of rotatable bonds is 2. The van der Waals surface area contributed by atoms with Crippen molar-refractivity contribution >= 4 is 10.9 Å². The summed E-state index contributed by atoms with van der Waals surface area (Å²) in [5.41, 5.74) is 9.87. The summed E-state index contributed by atoms with van der Waals surface area (Å²) in [6.07, 6.45) is 2.18. The fraction of sp³-hybridized carbons (Fsp3) is 0.385. The molecular formula is C13H18N2. The number of nitrogens with two attached hydrogens (primary N) is 1. The van der Waals surface area contributed by atoms with Crippen molar-refractivity contribution in [2.75, 3.05) is 0 Å². The van der Waals surface area contributed by atoms with E-state index in [1.165, 1.54) is 22.0 Å². The molecule has 2 nitrogen and oxygen atoms in total. The van der Waals surface area contributed by atoms with E-state index in [0.717, 1.165) is 6.54 Å². The first kappa shape index (κ1) is 10.2. The van der Waals surface area contributed by atoms with Gasteiger partial charge in [0.2, 0.25) is 0 Å². The van der Waals surface area contributed by atoms with E-state index in [0.29, 0.717) is 0 Å². The van der Waals surface area contributed by atoms with Crippen LogP contribution in [0.4, 0.5) is 0 Å². The first-order valence-corrected chi connectivity index (χ1v) is 5.49. The van der Waals surface area contributed by atoms with Crippen molar-refractivity contribution in [3.63, 3.8) is 0 Å². The van der Waals surface area contributed by atoms with Crippen LogP contribution in [0.3, 0.4) is 0 Å². The molecule has 1 atom stereocenters. The third-order valence-electron chi connectivity index (χ3n) is 2.98. The second-order valence-corrected chi connectivity index (χ2v) is 4.13. The number of nitrogens with zero attached hydrogens (tertiary/aromatic N) is 1. The lowest BCUT2D eigenvalue weighted by Crippen LogP contribution is -2.04. The van der Waals surface area contributed by atoms with Crippen LogP contribution >= 0.6 is 0 Å². The molecule has 2 heteroatoms. The molecule has 0 spiro atoms. The predicted molar refractivity (Wildman–Crippen MR) is 65.0 cm³/mol. The summed E-state index contributed by atoms with van der Waals surface area (Å²) in [5, 5.41) is 1.33. The second kappa shape index (κ2) is 3.70. The highest BCUT2D eigenvalue weighted by atomic mass is 15.0. The second-order valence-electron chi connectivity index (χ2n) is 4.13. The molecule has 0 bridgehead atoms. The maximum atomic E-state index is 6.00. The number of aromatic nitrogens is 1. The molecule has 0 radical (unpaired) electrons. The Balaban J connectivity index is 2.82. The van der Waals surface area contributed by atoms with Crippen LogP contribution in [-0.2, 0) is 6.54 Å². The molecule has 0 fully saturated rings. The number of benzene rings is 1. The van der Waals surface area contributed by atoms with Gasteiger partial charge in [0.1, 0.15) is 0 Å². The van der Waals surface area contributed by atoms with Gasteiger partial charge in [-0.3, -0.25) is 0 Å². The Morgan fingerprint density at radius 2 is 2.13 bits per heavy atom. The van der Waals surface area contributed by atoms with Gasteiger partial charge in [-0.05, 0) is 38.0 Å². The maximum absolute atomic E-state index is 6.00. The average Bonchev–Trinajstić information content (AvgIpc) is 2.58. The van der Waals surface area contributed by atoms with Crippen molar-refractivity contribution in [1.29, 1.82) is 0 Å². The normalized spacial score (nSPS) is 13.3. The number of hydrogen-bond donors (Lipinski definition) is 1. The highest BCUT2D eigenvalue weighted by molar-refractivity contribution is 5.87. The van der Waals surface area contributed by atoms with Crippen LogP contribution in [0.25, 0.3) is 10.9 Å². The van der Waals surface area contributed by atoms with E-state index in [9.17, 15) is 0 Å². The maximum Gasteiger partial charge on any atom is 0.0486 e. The van der Waals surface area contributed by atoms with Crippen LogP contribution in [-0.4, -0.2) is 4.57 Å². The molecule has 0 saturated heterocycles. The minimum Gasteiger partial charge on any atom is -0.347 e. The summed E-state index contributed by atoms with van der Waals surface area (Å²) >= 11 is 0. The Hall–Kier alpha value is -1.28. The molecule has 1 heterocycles. The number of aryl methyl sites for hydroxylation is 2. The highest BCUT2D eigenvalue weighted by Crippen LogP contribution is 2.28. The Morgan fingerprint density at radius 3 is 2.73 bits per heavy atom. The van der Waals surface area contributed by atoms with Gasteiger partial charge in [0.25, 0.3) is 0 Å². The van der Waals surface area contributed by atoms with Gasteiger partial charge in [-0.25, -0.2) is 0 Å². The van der Waals surface area contributed by atoms with E-state index in [-0.39, 0.29) is 6.04 Å². The van der Waals surface area contributed by atoms with Crippen molar-refractivity contribution in [2.24, 2.45) is 5.73 Å². The molecule has 0 aliphatic heterocycles. The van der Waals surface area contributed by atoms with Crippen LogP contribution in [0.2, 0.25) is 0 Å². The molecule has 15 heavy (non-hydrogen) atoms. The van der Waals surface area contributed by atoms with Crippen molar-refractivity contribution in [2.45, 2.75) is 33.4 Å². The van der Waals surface area contributed by atoms with E-state index in [1.54, 1.807) is 0 Å². The van der Waals surface area contributed by atoms with E-state index >= 15 is 0 Å². The lowest BCUT2D eigenvalue weighted by atomic mass is 10.0. The van der Waals surface area contributed by atoms with Gasteiger partial charge < -0.3 is 10.3 Å². The van der Waals surface area contributed by atoms with E-state index < -0.39 is 0 Å². The smallest absolute Gasteiger partial charge is 0.0486 e. The van der Waals surface area contributed by atoms with Crippen LogP contribution in [0, 0.1) is 6.92 Å². The van der Waals surface area contributed by atoms with Gasteiger partial charge >= 0.3 is 0 Å². The molecule has 0 aliphatic carbocycles. The van der Waals surface area contributed by atoms with Crippen LogP contribution < -0.4 is 5.73 Å². The zero-order valence-electron chi connectivity index (χ0n) is 9.62. The fourth-order valence-electron chi connectivity index (χ4n) is 2.18. The predicted octanol–water partition coefficient (Wildman–Crippen LogP) is 2.99. The molecule has 80 valence electrons. The highest BCUT2D eigenvalue weighted by Gasteiger charge is 2.11. The SMILES string of the molecule is CCn1cc(C(C)N)c2c(C)cccc21. The van der Waals surface area contributed by atoms with Gasteiger partial charge in [0.05, 0.1) is 0 Å². The average molecular weight is 202 g/mol. The summed E-state index contributed by atoms with van der Waals surface area (Å²) in [6.45, 7) is 7.34. The lowest BCUT2D eigenvalue weighted by Gasteiger charge is -2.04. The third-order valence-corrected chi connectivity index (χ3v) is 2.98. The van der Waals surface area contributed by atoms with E-state index in [4.69, 9.17) is 5.73 Å². The molecule has 1 aromatic heterocycles. The molecule has 2 aromatic rings. The zero-order chi connectivity index (χ0) is 11.0. The molecule has 0 amide bonds.